The van der Waals surface area contributed by atoms with Crippen LogP contribution in [-0.4, -0.2) is 49.0 Å². The van der Waals surface area contributed by atoms with Crippen molar-refractivity contribution in [3.63, 3.8) is 0 Å². The van der Waals surface area contributed by atoms with Crippen molar-refractivity contribution in [1.29, 1.82) is 0 Å². The van der Waals surface area contributed by atoms with Crippen molar-refractivity contribution in [1.82, 2.24) is 14.6 Å². The number of amides is 1. The highest BCUT2D eigenvalue weighted by atomic mass is 32.2. The molecule has 0 saturated carbocycles. The van der Waals surface area contributed by atoms with E-state index in [1.54, 1.807) is 30.5 Å². The van der Waals surface area contributed by atoms with Gasteiger partial charge in [-0.2, -0.15) is 4.31 Å². The number of fused-ring (bicyclic) bond motifs is 2. The van der Waals surface area contributed by atoms with Gasteiger partial charge in [-0.1, -0.05) is 30.8 Å². The van der Waals surface area contributed by atoms with Crippen molar-refractivity contribution in [2.45, 2.75) is 23.6 Å². The zero-order valence-corrected chi connectivity index (χ0v) is 18.7. The maximum atomic E-state index is 13.1. The molecule has 3 atom stereocenters. The molecular weight excluding hydrogens is 440 g/mol. The predicted molar refractivity (Wildman–Crippen MR) is 125 cm³/mol. The van der Waals surface area contributed by atoms with E-state index in [9.17, 15) is 13.2 Å². The maximum absolute atomic E-state index is 13.1. The average Bonchev–Trinajstić information content (AvgIpc) is 3.38. The number of sulfonamides is 1. The van der Waals surface area contributed by atoms with Gasteiger partial charge >= 0.3 is 0 Å². The zero-order chi connectivity index (χ0) is 23.0. The maximum Gasteiger partial charge on any atom is 0.245 e. The summed E-state index contributed by atoms with van der Waals surface area (Å²) < 4.78 is 33.6. The van der Waals surface area contributed by atoms with Gasteiger partial charge in [-0.3, -0.25) is 4.79 Å². The first-order valence-electron chi connectivity index (χ1n) is 10.7. The lowest BCUT2D eigenvalue weighted by Crippen LogP contribution is -2.37. The first-order chi connectivity index (χ1) is 15.9. The monoisotopic (exact) mass is 464 g/mol. The molecule has 1 amide bonds. The van der Waals surface area contributed by atoms with Crippen LogP contribution >= 0.6 is 0 Å². The van der Waals surface area contributed by atoms with E-state index in [1.807, 2.05) is 30.3 Å². The molecule has 0 aliphatic carbocycles. The van der Waals surface area contributed by atoms with E-state index >= 15 is 0 Å². The third-order valence-electron chi connectivity index (χ3n) is 6.09. The standard InChI is InChI=1S/C24H24N4O4S/c1-2-23(29)27-24-12-18-14-28(15-21(18)32-24)33(30,31)20-9-7-19(8-10-20)26-22-11-16-5-3-4-6-17(16)13-25-22/h2-11,13,18,21,24H,1,12,14-15H2,(H,25,26)(H,27,29). The number of carbonyl (C=O) groups excluding carboxylic acids is 1. The summed E-state index contributed by atoms with van der Waals surface area (Å²) in [6, 6.07) is 16.6. The summed E-state index contributed by atoms with van der Waals surface area (Å²) in [5.41, 5.74) is 0.749. The molecule has 8 nitrogen and oxygen atoms in total. The summed E-state index contributed by atoms with van der Waals surface area (Å²) in [7, 11) is -3.64. The molecule has 3 unspecified atom stereocenters. The number of rotatable bonds is 6. The highest BCUT2D eigenvalue weighted by molar-refractivity contribution is 7.89. The smallest absolute Gasteiger partial charge is 0.245 e. The van der Waals surface area contributed by atoms with Crippen molar-refractivity contribution in [3.8, 4) is 0 Å². The van der Waals surface area contributed by atoms with Crippen LogP contribution in [0.1, 0.15) is 6.42 Å². The van der Waals surface area contributed by atoms with Crippen molar-refractivity contribution in [2.75, 3.05) is 18.4 Å². The van der Waals surface area contributed by atoms with E-state index in [1.165, 1.54) is 10.4 Å². The molecule has 2 aromatic carbocycles. The van der Waals surface area contributed by atoms with Crippen LogP contribution in [0.5, 0.6) is 0 Å². The van der Waals surface area contributed by atoms with Crippen molar-refractivity contribution in [2.24, 2.45) is 5.92 Å². The largest absolute Gasteiger partial charge is 0.354 e. The Balaban J connectivity index is 1.24. The molecule has 2 aliphatic rings. The molecule has 9 heteroatoms. The second-order valence-corrected chi connectivity index (χ2v) is 10.2. The summed E-state index contributed by atoms with van der Waals surface area (Å²) in [5.74, 6) is 0.443. The third-order valence-corrected chi connectivity index (χ3v) is 7.93. The summed E-state index contributed by atoms with van der Waals surface area (Å²) in [5, 5.41) is 8.07. The minimum atomic E-state index is -3.64. The van der Waals surface area contributed by atoms with E-state index in [2.05, 4.69) is 22.2 Å². The van der Waals surface area contributed by atoms with E-state index in [-0.39, 0.29) is 29.4 Å². The quantitative estimate of drug-likeness (QED) is 0.544. The lowest BCUT2D eigenvalue weighted by molar-refractivity contribution is -0.120. The number of carbonyl (C=O) groups is 1. The van der Waals surface area contributed by atoms with Crippen LogP contribution < -0.4 is 10.6 Å². The van der Waals surface area contributed by atoms with Crippen LogP contribution in [0, 0.1) is 5.92 Å². The van der Waals surface area contributed by atoms with Crippen LogP contribution in [0.2, 0.25) is 0 Å². The van der Waals surface area contributed by atoms with Gasteiger partial charge in [0.25, 0.3) is 0 Å². The van der Waals surface area contributed by atoms with E-state index in [0.717, 1.165) is 16.5 Å². The fraction of sp³-hybridized carbons (Fsp3) is 0.250. The molecule has 5 rings (SSSR count). The normalized spacial score (nSPS) is 22.7. The number of aromatic nitrogens is 1. The van der Waals surface area contributed by atoms with Crippen LogP contribution in [0.4, 0.5) is 11.5 Å². The Bertz CT molecular complexity index is 1300. The molecule has 1 aromatic heterocycles. The SMILES string of the molecule is C=CC(=O)NC1CC2CN(S(=O)(=O)c3ccc(Nc4cc5ccccc5cn4)cc3)CC2O1. The van der Waals surface area contributed by atoms with Gasteiger partial charge in [-0.15, -0.1) is 0 Å². The lowest BCUT2D eigenvalue weighted by atomic mass is 10.1. The molecule has 2 N–H and O–H groups in total. The second kappa shape index (κ2) is 8.58. The third kappa shape index (κ3) is 4.35. The Morgan fingerprint density at radius 3 is 2.61 bits per heavy atom. The number of ether oxygens (including phenoxy) is 1. The number of anilines is 2. The Labute approximate surface area is 192 Å². The fourth-order valence-electron chi connectivity index (χ4n) is 4.39. The number of nitrogens with one attached hydrogen (secondary N) is 2. The number of nitrogens with zero attached hydrogens (tertiary/aromatic N) is 2. The van der Waals surface area contributed by atoms with Gasteiger partial charge in [0.05, 0.1) is 11.0 Å². The molecule has 0 bridgehead atoms. The summed E-state index contributed by atoms with van der Waals surface area (Å²) >= 11 is 0. The fourth-order valence-corrected chi connectivity index (χ4v) is 5.90. The van der Waals surface area contributed by atoms with E-state index in [4.69, 9.17) is 4.74 Å². The molecule has 0 spiro atoms. The minimum absolute atomic E-state index is 0.0507. The number of hydrogen-bond donors (Lipinski definition) is 2. The molecule has 3 aromatic rings. The topological polar surface area (TPSA) is 101 Å². The van der Waals surface area contributed by atoms with Crippen LogP contribution in [0.3, 0.4) is 0 Å². The Hall–Kier alpha value is -3.27. The average molecular weight is 465 g/mol. The predicted octanol–water partition coefficient (Wildman–Crippen LogP) is 3.02. The molecular formula is C24H24N4O4S. The number of benzene rings is 2. The van der Waals surface area contributed by atoms with Gasteiger partial charge in [-0.05, 0) is 48.2 Å². The number of hydrogen-bond acceptors (Lipinski definition) is 6. The van der Waals surface area contributed by atoms with Gasteiger partial charge in [0.2, 0.25) is 15.9 Å². The van der Waals surface area contributed by atoms with Gasteiger partial charge in [0.15, 0.2) is 0 Å². The summed E-state index contributed by atoms with van der Waals surface area (Å²) in [4.78, 5) is 16.1. The molecule has 33 heavy (non-hydrogen) atoms. The van der Waals surface area contributed by atoms with Gasteiger partial charge < -0.3 is 15.4 Å². The first kappa shape index (κ1) is 21.6. The highest BCUT2D eigenvalue weighted by Gasteiger charge is 2.46. The van der Waals surface area contributed by atoms with Gasteiger partial charge in [0.1, 0.15) is 12.0 Å². The zero-order valence-electron chi connectivity index (χ0n) is 17.8. The van der Waals surface area contributed by atoms with Crippen molar-refractivity contribution >= 4 is 38.2 Å². The molecule has 2 aliphatic heterocycles. The second-order valence-electron chi connectivity index (χ2n) is 8.26. The summed E-state index contributed by atoms with van der Waals surface area (Å²) in [6.45, 7) is 4.07. The van der Waals surface area contributed by atoms with Crippen molar-refractivity contribution in [3.05, 3.63) is 73.4 Å². The number of pyridine rings is 1. The van der Waals surface area contributed by atoms with Crippen molar-refractivity contribution < 1.29 is 17.9 Å². The molecule has 170 valence electrons. The van der Waals surface area contributed by atoms with Gasteiger partial charge in [0, 0.05) is 36.3 Å². The van der Waals surface area contributed by atoms with Crippen LogP contribution in [-0.2, 0) is 19.6 Å². The molecule has 0 radical (unpaired) electrons. The molecule has 2 saturated heterocycles. The van der Waals surface area contributed by atoms with Gasteiger partial charge in [-0.25, -0.2) is 13.4 Å². The van der Waals surface area contributed by atoms with E-state index in [0.29, 0.717) is 18.8 Å². The Morgan fingerprint density at radius 2 is 1.88 bits per heavy atom. The molecule has 2 fully saturated rings. The highest BCUT2D eigenvalue weighted by Crippen LogP contribution is 2.35. The van der Waals surface area contributed by atoms with Crippen LogP contribution in [0.15, 0.2) is 78.3 Å². The minimum Gasteiger partial charge on any atom is -0.354 e. The van der Waals surface area contributed by atoms with Crippen LogP contribution in [0.25, 0.3) is 10.8 Å². The lowest BCUT2D eigenvalue weighted by Gasteiger charge is -2.20. The Morgan fingerprint density at radius 1 is 1.12 bits per heavy atom. The molecule has 3 heterocycles. The first-order valence-corrected chi connectivity index (χ1v) is 12.2. The Kier molecular flexibility index (Phi) is 5.61. The summed E-state index contributed by atoms with van der Waals surface area (Å²) in [6.07, 6.45) is 2.95. The van der Waals surface area contributed by atoms with E-state index < -0.39 is 16.3 Å².